The molecule has 0 aromatic rings. The van der Waals surface area contributed by atoms with Crippen LogP contribution >= 0.6 is 0 Å². The molecule has 1 amide bonds. The van der Waals surface area contributed by atoms with E-state index in [-0.39, 0.29) is 18.5 Å². The van der Waals surface area contributed by atoms with Gasteiger partial charge in [0.25, 0.3) is 0 Å². The fourth-order valence-corrected chi connectivity index (χ4v) is 3.12. The van der Waals surface area contributed by atoms with E-state index in [1.54, 1.807) is 0 Å². The van der Waals surface area contributed by atoms with Crippen molar-refractivity contribution in [3.8, 4) is 0 Å². The summed E-state index contributed by atoms with van der Waals surface area (Å²) in [6, 6.07) is 0.214. The van der Waals surface area contributed by atoms with Crippen molar-refractivity contribution in [3.05, 3.63) is 0 Å². The van der Waals surface area contributed by atoms with Crippen LogP contribution in [0.4, 0.5) is 0 Å². The van der Waals surface area contributed by atoms with Gasteiger partial charge in [0.1, 0.15) is 0 Å². The van der Waals surface area contributed by atoms with Gasteiger partial charge in [-0.1, -0.05) is 19.3 Å². The summed E-state index contributed by atoms with van der Waals surface area (Å²) in [5.41, 5.74) is 0. The number of carbonyl (C=O) groups is 1. The molecule has 118 valence electrons. The van der Waals surface area contributed by atoms with E-state index in [9.17, 15) is 13.2 Å². The van der Waals surface area contributed by atoms with E-state index in [0.717, 1.165) is 31.9 Å². The van der Waals surface area contributed by atoms with E-state index >= 15 is 0 Å². The fourth-order valence-electron chi connectivity index (χ4n) is 2.35. The Labute approximate surface area is 122 Å². The summed E-state index contributed by atoms with van der Waals surface area (Å²) in [4.78, 5) is 13.9. The van der Waals surface area contributed by atoms with Gasteiger partial charge in [-0.15, -0.1) is 0 Å². The maximum absolute atomic E-state index is 12.0. The molecule has 0 bridgehead atoms. The average Bonchev–Trinajstić information content (AvgIpc) is 2.34. The summed E-state index contributed by atoms with van der Waals surface area (Å²) in [6.45, 7) is 0.858. The Balaban J connectivity index is 2.48. The van der Waals surface area contributed by atoms with Crippen molar-refractivity contribution < 1.29 is 13.2 Å². The Bertz CT molecular complexity index is 403. The Morgan fingerprint density at radius 2 is 1.75 bits per heavy atom. The topological polar surface area (TPSA) is 69.7 Å². The van der Waals surface area contributed by atoms with Crippen molar-refractivity contribution in [1.29, 1.82) is 0 Å². The molecular weight excluding hydrogens is 278 g/mol. The third kappa shape index (κ3) is 6.67. The van der Waals surface area contributed by atoms with Gasteiger partial charge in [0.05, 0.1) is 12.8 Å². The summed E-state index contributed by atoms with van der Waals surface area (Å²) in [5, 5.41) is 2.95. The molecular formula is C13H27N3O3S. The molecule has 1 aliphatic carbocycles. The van der Waals surface area contributed by atoms with E-state index in [0.29, 0.717) is 13.1 Å². The minimum Gasteiger partial charge on any atom is -0.352 e. The van der Waals surface area contributed by atoms with Gasteiger partial charge in [-0.2, -0.15) is 4.31 Å². The molecule has 0 radical (unpaired) electrons. The molecule has 6 nitrogen and oxygen atoms in total. The smallest absolute Gasteiger partial charge is 0.235 e. The zero-order chi connectivity index (χ0) is 15.2. The van der Waals surface area contributed by atoms with Crippen LogP contribution in [-0.2, 0) is 14.8 Å². The number of nitrogens with one attached hydrogen (secondary N) is 1. The summed E-state index contributed by atoms with van der Waals surface area (Å²) < 4.78 is 24.6. The predicted octanol–water partition coefficient (Wildman–Crippen LogP) is 0.259. The van der Waals surface area contributed by atoms with Crippen molar-refractivity contribution in [2.24, 2.45) is 0 Å². The van der Waals surface area contributed by atoms with Gasteiger partial charge in [-0.05, 0) is 26.9 Å². The normalized spacial score (nSPS) is 17.6. The van der Waals surface area contributed by atoms with Crippen molar-refractivity contribution >= 4 is 15.9 Å². The minimum absolute atomic E-state index is 0.0802. The van der Waals surface area contributed by atoms with E-state index < -0.39 is 10.0 Å². The van der Waals surface area contributed by atoms with Crippen LogP contribution in [0.1, 0.15) is 32.1 Å². The molecule has 20 heavy (non-hydrogen) atoms. The van der Waals surface area contributed by atoms with Gasteiger partial charge < -0.3 is 10.2 Å². The molecule has 1 N–H and O–H groups in total. The van der Waals surface area contributed by atoms with Crippen molar-refractivity contribution in [2.75, 3.05) is 40.0 Å². The highest BCUT2D eigenvalue weighted by Crippen LogP contribution is 2.17. The first-order chi connectivity index (χ1) is 9.29. The largest absolute Gasteiger partial charge is 0.352 e. The number of sulfonamides is 1. The lowest BCUT2D eigenvalue weighted by Gasteiger charge is -2.25. The molecule has 1 fully saturated rings. The van der Waals surface area contributed by atoms with Crippen LogP contribution < -0.4 is 5.32 Å². The second kappa shape index (κ2) is 7.95. The van der Waals surface area contributed by atoms with Crippen molar-refractivity contribution in [1.82, 2.24) is 14.5 Å². The molecule has 1 aliphatic rings. The van der Waals surface area contributed by atoms with Gasteiger partial charge in [0.15, 0.2) is 0 Å². The molecule has 0 unspecified atom stereocenters. The van der Waals surface area contributed by atoms with Gasteiger partial charge in [-0.3, -0.25) is 4.79 Å². The molecule has 0 spiro atoms. The number of nitrogens with zero attached hydrogens (tertiary/aromatic N) is 2. The van der Waals surface area contributed by atoms with Crippen molar-refractivity contribution in [2.45, 2.75) is 38.1 Å². The van der Waals surface area contributed by atoms with Gasteiger partial charge in [0, 0.05) is 19.1 Å². The Hall–Kier alpha value is -0.660. The third-order valence-electron chi connectivity index (χ3n) is 3.56. The number of amides is 1. The summed E-state index contributed by atoms with van der Waals surface area (Å²) in [7, 11) is 0.404. The summed E-state index contributed by atoms with van der Waals surface area (Å²) >= 11 is 0. The predicted molar refractivity (Wildman–Crippen MR) is 80.0 cm³/mol. The number of hydrogen-bond acceptors (Lipinski definition) is 4. The standard InChI is InChI=1S/C13H27N3O3S/c1-15(2)9-10-16(20(3,18)19)11-13(17)14-12-7-5-4-6-8-12/h12H,4-11H2,1-3H3,(H,14,17). The van der Waals surface area contributed by atoms with Crippen LogP contribution in [0, 0.1) is 0 Å². The molecule has 1 saturated carbocycles. The average molecular weight is 305 g/mol. The molecule has 7 heteroatoms. The van der Waals surface area contributed by atoms with Gasteiger partial charge in [0.2, 0.25) is 15.9 Å². The van der Waals surface area contributed by atoms with E-state index in [1.807, 2.05) is 19.0 Å². The quantitative estimate of drug-likeness (QED) is 0.732. The van der Waals surface area contributed by atoms with Crippen LogP contribution in [0.25, 0.3) is 0 Å². The van der Waals surface area contributed by atoms with Crippen LogP contribution in [0.5, 0.6) is 0 Å². The molecule has 0 heterocycles. The molecule has 0 saturated heterocycles. The molecule has 0 aliphatic heterocycles. The summed E-state index contributed by atoms with van der Waals surface area (Å²) in [6.07, 6.45) is 6.66. The van der Waals surface area contributed by atoms with E-state index in [2.05, 4.69) is 5.32 Å². The van der Waals surface area contributed by atoms with Gasteiger partial charge >= 0.3 is 0 Å². The highest BCUT2D eigenvalue weighted by Gasteiger charge is 2.22. The zero-order valence-electron chi connectivity index (χ0n) is 12.8. The second-order valence-corrected chi connectivity index (χ2v) is 7.78. The number of likely N-dealkylation sites (N-methyl/N-ethyl adjacent to an activating group) is 1. The number of rotatable bonds is 7. The van der Waals surface area contributed by atoms with E-state index in [4.69, 9.17) is 0 Å². The lowest BCUT2D eigenvalue weighted by atomic mass is 9.95. The SMILES string of the molecule is CN(C)CCN(CC(=O)NC1CCCCC1)S(C)(=O)=O. The van der Waals surface area contributed by atoms with Crippen LogP contribution in [0.15, 0.2) is 0 Å². The fraction of sp³-hybridized carbons (Fsp3) is 0.923. The Kier molecular flexibility index (Phi) is 6.91. The maximum Gasteiger partial charge on any atom is 0.235 e. The molecule has 0 aromatic carbocycles. The van der Waals surface area contributed by atoms with E-state index in [1.165, 1.54) is 10.7 Å². The lowest BCUT2D eigenvalue weighted by molar-refractivity contribution is -0.122. The summed E-state index contributed by atoms with van der Waals surface area (Å²) in [5.74, 6) is -0.193. The second-order valence-electron chi connectivity index (χ2n) is 5.80. The number of hydrogen-bond donors (Lipinski definition) is 1. The Morgan fingerprint density at radius 3 is 2.25 bits per heavy atom. The molecule has 0 aromatic heterocycles. The lowest BCUT2D eigenvalue weighted by Crippen LogP contribution is -2.46. The van der Waals surface area contributed by atoms with Crippen molar-refractivity contribution in [3.63, 3.8) is 0 Å². The minimum atomic E-state index is -3.35. The third-order valence-corrected chi connectivity index (χ3v) is 4.81. The first kappa shape index (κ1) is 17.4. The monoisotopic (exact) mass is 305 g/mol. The Morgan fingerprint density at radius 1 is 1.15 bits per heavy atom. The first-order valence-corrected chi connectivity index (χ1v) is 9.03. The molecule has 1 rings (SSSR count). The number of carbonyl (C=O) groups excluding carboxylic acids is 1. The van der Waals surface area contributed by atoms with Crippen LogP contribution in [0.3, 0.4) is 0 Å². The van der Waals surface area contributed by atoms with Gasteiger partial charge in [-0.25, -0.2) is 8.42 Å². The highest BCUT2D eigenvalue weighted by molar-refractivity contribution is 7.88. The zero-order valence-corrected chi connectivity index (χ0v) is 13.6. The highest BCUT2D eigenvalue weighted by atomic mass is 32.2. The molecule has 0 atom stereocenters. The maximum atomic E-state index is 12.0. The van der Waals surface area contributed by atoms with Crippen LogP contribution in [-0.4, -0.2) is 69.6 Å². The first-order valence-electron chi connectivity index (χ1n) is 7.18. The van der Waals surface area contributed by atoms with Crippen LogP contribution in [0.2, 0.25) is 0 Å².